The van der Waals surface area contributed by atoms with Crippen LogP contribution in [-0.2, 0) is 17.8 Å². The van der Waals surface area contributed by atoms with E-state index in [1.807, 2.05) is 6.07 Å². The van der Waals surface area contributed by atoms with Gasteiger partial charge in [-0.2, -0.15) is 0 Å². The van der Waals surface area contributed by atoms with Crippen molar-refractivity contribution < 1.29 is 13.9 Å². The lowest BCUT2D eigenvalue weighted by Crippen LogP contribution is -2.36. The summed E-state index contributed by atoms with van der Waals surface area (Å²) in [6, 6.07) is 5.17. The Hall–Kier alpha value is -1.66. The van der Waals surface area contributed by atoms with Crippen molar-refractivity contribution in [3.8, 4) is 0 Å². The van der Waals surface area contributed by atoms with Gasteiger partial charge in [0, 0.05) is 37.8 Å². The van der Waals surface area contributed by atoms with Crippen LogP contribution in [0.4, 0.5) is 9.18 Å². The van der Waals surface area contributed by atoms with E-state index >= 15 is 0 Å². The first-order valence-corrected chi connectivity index (χ1v) is 6.66. The highest BCUT2D eigenvalue weighted by Gasteiger charge is 2.24. The molecule has 1 aromatic rings. The maximum absolute atomic E-state index is 13.9. The highest BCUT2D eigenvalue weighted by molar-refractivity contribution is 5.67. The lowest BCUT2D eigenvalue weighted by atomic mass is 10.1. The number of likely N-dealkylation sites (tertiary alicyclic amines) is 1. The molecule has 0 aromatic heterocycles. The highest BCUT2D eigenvalue weighted by atomic mass is 19.1. The average Bonchev–Trinajstić information content (AvgIpc) is 2.88. The Morgan fingerprint density at radius 1 is 1.60 bits per heavy atom. The molecule has 1 unspecified atom stereocenters. The maximum Gasteiger partial charge on any atom is 0.407 e. The number of halogens is 1. The molecule has 0 aliphatic carbocycles. The minimum atomic E-state index is -0.421. The number of nitrogens with one attached hydrogen (secondary N) is 1. The van der Waals surface area contributed by atoms with E-state index in [-0.39, 0.29) is 11.9 Å². The van der Waals surface area contributed by atoms with E-state index in [0.29, 0.717) is 25.2 Å². The Kier molecular flexibility index (Phi) is 4.92. The molecule has 0 radical (unpaired) electrons. The monoisotopic (exact) mass is 281 g/mol. The van der Waals surface area contributed by atoms with Crippen LogP contribution in [0.25, 0.3) is 0 Å². The van der Waals surface area contributed by atoms with E-state index in [1.54, 1.807) is 6.07 Å². The van der Waals surface area contributed by atoms with Crippen LogP contribution >= 0.6 is 0 Å². The van der Waals surface area contributed by atoms with E-state index in [2.05, 4.69) is 15.0 Å². The first-order chi connectivity index (χ1) is 9.62. The quantitative estimate of drug-likeness (QED) is 0.870. The zero-order chi connectivity index (χ0) is 14.5. The topological polar surface area (TPSA) is 67.6 Å². The van der Waals surface area contributed by atoms with Crippen LogP contribution in [-0.4, -0.2) is 37.2 Å². The number of ether oxygens (including phenoxy) is 1. The van der Waals surface area contributed by atoms with Gasteiger partial charge in [-0.15, -0.1) is 0 Å². The molecule has 1 atom stereocenters. The molecule has 0 bridgehead atoms. The van der Waals surface area contributed by atoms with Gasteiger partial charge < -0.3 is 15.8 Å². The van der Waals surface area contributed by atoms with Gasteiger partial charge in [0.2, 0.25) is 0 Å². The van der Waals surface area contributed by atoms with Crippen LogP contribution in [0.3, 0.4) is 0 Å². The smallest absolute Gasteiger partial charge is 0.407 e. The molecule has 5 nitrogen and oxygen atoms in total. The van der Waals surface area contributed by atoms with E-state index in [9.17, 15) is 9.18 Å². The molecular formula is C14H20FN3O2. The molecule has 0 spiro atoms. The highest BCUT2D eigenvalue weighted by Crippen LogP contribution is 2.17. The second-order valence-corrected chi connectivity index (χ2v) is 4.99. The van der Waals surface area contributed by atoms with Crippen molar-refractivity contribution in [2.45, 2.75) is 25.6 Å². The van der Waals surface area contributed by atoms with Gasteiger partial charge in [0.25, 0.3) is 0 Å². The molecule has 3 N–H and O–H groups in total. The van der Waals surface area contributed by atoms with E-state index < -0.39 is 6.09 Å². The first kappa shape index (κ1) is 14.7. The SMILES string of the molecule is COC(=O)NC1CCN(Cc2ccc(CN)cc2F)C1. The third-order valence-corrected chi connectivity index (χ3v) is 3.53. The van der Waals surface area contributed by atoms with E-state index in [4.69, 9.17) is 5.73 Å². The van der Waals surface area contributed by atoms with Gasteiger partial charge in [-0.25, -0.2) is 9.18 Å². The van der Waals surface area contributed by atoms with Crippen LogP contribution in [0, 0.1) is 5.82 Å². The summed E-state index contributed by atoms with van der Waals surface area (Å²) in [5, 5.41) is 2.76. The van der Waals surface area contributed by atoms with E-state index in [0.717, 1.165) is 18.5 Å². The fourth-order valence-corrected chi connectivity index (χ4v) is 2.41. The fraction of sp³-hybridized carbons (Fsp3) is 0.500. The van der Waals surface area contributed by atoms with Gasteiger partial charge in [0.05, 0.1) is 7.11 Å². The number of hydrogen-bond acceptors (Lipinski definition) is 4. The van der Waals surface area contributed by atoms with Crippen molar-refractivity contribution in [2.24, 2.45) is 5.73 Å². The van der Waals surface area contributed by atoms with Crippen molar-refractivity contribution >= 4 is 6.09 Å². The number of alkyl carbamates (subject to hydrolysis) is 1. The van der Waals surface area contributed by atoms with Gasteiger partial charge in [-0.1, -0.05) is 12.1 Å². The number of nitrogens with zero attached hydrogens (tertiary/aromatic N) is 1. The predicted molar refractivity (Wildman–Crippen MR) is 73.5 cm³/mol. The number of nitrogens with two attached hydrogens (primary N) is 1. The van der Waals surface area contributed by atoms with Gasteiger partial charge in [-0.3, -0.25) is 4.90 Å². The molecule has 0 saturated carbocycles. The van der Waals surface area contributed by atoms with Crippen LogP contribution in [0.15, 0.2) is 18.2 Å². The molecule has 6 heteroatoms. The molecule has 1 aromatic carbocycles. The molecule has 1 fully saturated rings. The van der Waals surface area contributed by atoms with Crippen molar-refractivity contribution in [3.63, 3.8) is 0 Å². The summed E-state index contributed by atoms with van der Waals surface area (Å²) in [5.41, 5.74) is 6.92. The number of benzene rings is 1. The number of methoxy groups -OCH3 is 1. The molecule has 20 heavy (non-hydrogen) atoms. The average molecular weight is 281 g/mol. The van der Waals surface area contributed by atoms with Gasteiger partial charge in [0.1, 0.15) is 5.82 Å². The van der Waals surface area contributed by atoms with Crippen molar-refractivity contribution in [3.05, 3.63) is 35.1 Å². The molecule has 2 rings (SSSR count). The predicted octanol–water partition coefficient (Wildman–Crippen LogP) is 1.21. The van der Waals surface area contributed by atoms with Gasteiger partial charge >= 0.3 is 6.09 Å². The van der Waals surface area contributed by atoms with Gasteiger partial charge in [-0.05, 0) is 18.1 Å². The second kappa shape index (κ2) is 6.67. The van der Waals surface area contributed by atoms with Crippen LogP contribution < -0.4 is 11.1 Å². The third-order valence-electron chi connectivity index (χ3n) is 3.53. The van der Waals surface area contributed by atoms with E-state index in [1.165, 1.54) is 13.2 Å². The molecule has 1 amide bonds. The van der Waals surface area contributed by atoms with Crippen molar-refractivity contribution in [1.29, 1.82) is 0 Å². The van der Waals surface area contributed by atoms with Crippen molar-refractivity contribution in [1.82, 2.24) is 10.2 Å². The molecule has 1 heterocycles. The minimum Gasteiger partial charge on any atom is -0.453 e. The summed E-state index contributed by atoms with van der Waals surface area (Å²) in [6.45, 7) is 2.40. The number of carbonyl (C=O) groups is 1. The molecule has 1 aliphatic rings. The summed E-state index contributed by atoms with van der Waals surface area (Å²) in [6.07, 6.45) is 0.424. The Labute approximate surface area is 117 Å². The standard InChI is InChI=1S/C14H20FN3O2/c1-20-14(19)17-12-4-5-18(9-12)8-11-3-2-10(7-16)6-13(11)15/h2-3,6,12H,4-5,7-9,16H2,1H3,(H,17,19). The summed E-state index contributed by atoms with van der Waals surface area (Å²) < 4.78 is 18.5. The minimum absolute atomic E-state index is 0.0637. The third kappa shape index (κ3) is 3.68. The van der Waals surface area contributed by atoms with Crippen molar-refractivity contribution in [2.75, 3.05) is 20.2 Å². The van der Waals surface area contributed by atoms with Gasteiger partial charge in [0.15, 0.2) is 0 Å². The lowest BCUT2D eigenvalue weighted by Gasteiger charge is -2.17. The molecular weight excluding hydrogens is 261 g/mol. The Morgan fingerprint density at radius 2 is 2.40 bits per heavy atom. The Morgan fingerprint density at radius 3 is 3.05 bits per heavy atom. The lowest BCUT2D eigenvalue weighted by molar-refractivity contribution is 0.166. The summed E-state index contributed by atoms with van der Waals surface area (Å²) in [5.74, 6) is -0.225. The second-order valence-electron chi connectivity index (χ2n) is 4.99. The maximum atomic E-state index is 13.9. The Bertz CT molecular complexity index is 481. The summed E-state index contributed by atoms with van der Waals surface area (Å²) in [4.78, 5) is 13.2. The molecule has 1 saturated heterocycles. The summed E-state index contributed by atoms with van der Waals surface area (Å²) >= 11 is 0. The normalized spacial score (nSPS) is 19.1. The first-order valence-electron chi connectivity index (χ1n) is 6.66. The zero-order valence-corrected chi connectivity index (χ0v) is 11.6. The Balaban J connectivity index is 1.90. The largest absolute Gasteiger partial charge is 0.453 e. The number of carbonyl (C=O) groups excluding carboxylic acids is 1. The fourth-order valence-electron chi connectivity index (χ4n) is 2.41. The zero-order valence-electron chi connectivity index (χ0n) is 11.6. The molecule has 1 aliphatic heterocycles. The number of rotatable bonds is 4. The molecule has 110 valence electrons. The van der Waals surface area contributed by atoms with Crippen LogP contribution in [0.5, 0.6) is 0 Å². The van der Waals surface area contributed by atoms with Crippen LogP contribution in [0.1, 0.15) is 17.5 Å². The van der Waals surface area contributed by atoms with Crippen LogP contribution in [0.2, 0.25) is 0 Å². The number of amides is 1. The number of hydrogen-bond donors (Lipinski definition) is 2. The summed E-state index contributed by atoms with van der Waals surface area (Å²) in [7, 11) is 1.34.